The maximum Gasteiger partial charge on any atom is 0.166 e. The van der Waals surface area contributed by atoms with Crippen LogP contribution in [0.2, 0.25) is 0 Å². The van der Waals surface area contributed by atoms with E-state index in [0.29, 0.717) is 22.7 Å². The summed E-state index contributed by atoms with van der Waals surface area (Å²) < 4.78 is 3.45. The molecule has 1 atom stereocenters. The number of fused-ring (bicyclic) bond motifs is 2. The molecule has 0 aliphatic heterocycles. The summed E-state index contributed by atoms with van der Waals surface area (Å²) in [5, 5.41) is 13.2. The highest BCUT2D eigenvalue weighted by molar-refractivity contribution is 5.94. The predicted octanol–water partition coefficient (Wildman–Crippen LogP) is 5.75. The summed E-state index contributed by atoms with van der Waals surface area (Å²) in [6.45, 7) is 6.36. The number of pyridine rings is 1. The fraction of sp³-hybridized carbons (Fsp3) is 0.0968. The van der Waals surface area contributed by atoms with Crippen molar-refractivity contribution in [2.24, 2.45) is 7.05 Å². The van der Waals surface area contributed by atoms with Crippen LogP contribution in [0.3, 0.4) is 0 Å². The smallest absolute Gasteiger partial charge is 0.166 e. The molecule has 6 rings (SSSR count). The summed E-state index contributed by atoms with van der Waals surface area (Å²) in [5.74, 6) is 0.373. The molecule has 0 spiro atoms. The lowest BCUT2D eigenvalue weighted by atomic mass is 9.96. The molecule has 8 nitrogen and oxygen atoms in total. The highest BCUT2D eigenvalue weighted by atomic mass is 15.3. The minimum atomic E-state index is -0.176. The number of hydrogen-bond donors (Lipinski definition) is 2. The molecule has 192 valence electrons. The van der Waals surface area contributed by atoms with E-state index in [9.17, 15) is 0 Å². The number of nitrogens with one attached hydrogen (secondary N) is 1. The van der Waals surface area contributed by atoms with Gasteiger partial charge in [0.1, 0.15) is 0 Å². The van der Waals surface area contributed by atoms with Crippen molar-refractivity contribution in [3.63, 3.8) is 0 Å². The fourth-order valence-electron chi connectivity index (χ4n) is 4.87. The van der Waals surface area contributed by atoms with Gasteiger partial charge in [0, 0.05) is 47.8 Å². The number of anilines is 1. The third-order valence-corrected chi connectivity index (χ3v) is 6.71. The third-order valence-electron chi connectivity index (χ3n) is 6.71. The Morgan fingerprint density at radius 2 is 1.92 bits per heavy atom. The van der Waals surface area contributed by atoms with Gasteiger partial charge in [-0.05, 0) is 36.2 Å². The Morgan fingerprint density at radius 3 is 2.72 bits per heavy atom. The van der Waals surface area contributed by atoms with Crippen LogP contribution in [0.15, 0.2) is 92.0 Å². The second-order valence-electron chi connectivity index (χ2n) is 9.47. The van der Waals surface area contributed by atoms with Gasteiger partial charge < -0.3 is 11.1 Å². The van der Waals surface area contributed by atoms with Crippen molar-refractivity contribution in [2.75, 3.05) is 5.73 Å². The van der Waals surface area contributed by atoms with E-state index in [-0.39, 0.29) is 6.04 Å². The summed E-state index contributed by atoms with van der Waals surface area (Å²) in [5.41, 5.74) is 14.3. The maximum atomic E-state index is 6.25. The Bertz CT molecular complexity index is 1850. The summed E-state index contributed by atoms with van der Waals surface area (Å²) in [6, 6.07) is 20.4. The highest BCUT2D eigenvalue weighted by Crippen LogP contribution is 2.33. The second kappa shape index (κ2) is 9.90. The van der Waals surface area contributed by atoms with Crippen LogP contribution in [-0.4, -0.2) is 29.4 Å². The number of nitrogens with zero attached hydrogens (tertiary/aromatic N) is 6. The van der Waals surface area contributed by atoms with Crippen molar-refractivity contribution in [1.29, 1.82) is 0 Å². The summed E-state index contributed by atoms with van der Waals surface area (Å²) in [4.78, 5) is 9.62. The minimum absolute atomic E-state index is 0.176. The molecular weight excluding hydrogens is 484 g/mol. The normalized spacial score (nSPS) is 12.4. The molecule has 1 unspecified atom stereocenters. The number of nitrogens with two attached hydrogens (primary N) is 1. The molecule has 0 fully saturated rings. The van der Waals surface area contributed by atoms with E-state index in [1.54, 1.807) is 15.4 Å². The number of hydrogen-bond acceptors (Lipinski definition) is 6. The van der Waals surface area contributed by atoms with E-state index in [1.165, 1.54) is 0 Å². The van der Waals surface area contributed by atoms with Gasteiger partial charge in [0.05, 0.1) is 29.0 Å². The number of benzene rings is 2. The average molecular weight is 513 g/mol. The van der Waals surface area contributed by atoms with Crippen molar-refractivity contribution in [3.05, 3.63) is 114 Å². The zero-order valence-corrected chi connectivity index (χ0v) is 21.8. The van der Waals surface area contributed by atoms with Gasteiger partial charge in [0.15, 0.2) is 11.5 Å². The van der Waals surface area contributed by atoms with Gasteiger partial charge >= 0.3 is 0 Å². The molecular formula is C31H28N8. The molecule has 39 heavy (non-hydrogen) atoms. The van der Waals surface area contributed by atoms with Crippen molar-refractivity contribution in [1.82, 2.24) is 34.7 Å². The molecule has 0 aliphatic rings. The molecule has 0 radical (unpaired) electrons. The Hall–Kier alpha value is -5.24. The molecule has 8 heteroatoms. The lowest BCUT2D eigenvalue weighted by Crippen LogP contribution is -2.19. The minimum Gasteiger partial charge on any atom is -0.382 e. The lowest BCUT2D eigenvalue weighted by Gasteiger charge is -2.21. The molecule has 0 aliphatic carbocycles. The first-order valence-electron chi connectivity index (χ1n) is 12.7. The molecule has 2 aromatic carbocycles. The molecule has 0 amide bonds. The first-order chi connectivity index (χ1) is 19.0. The maximum absolute atomic E-state index is 6.25. The van der Waals surface area contributed by atoms with Gasteiger partial charge in [-0.15, -0.1) is 5.10 Å². The lowest BCUT2D eigenvalue weighted by molar-refractivity contribution is 0.684. The van der Waals surface area contributed by atoms with Crippen molar-refractivity contribution in [2.45, 2.75) is 13.0 Å². The largest absolute Gasteiger partial charge is 0.382 e. The quantitative estimate of drug-likeness (QED) is 0.283. The third kappa shape index (κ3) is 4.64. The Labute approximate surface area is 226 Å². The Balaban J connectivity index is 1.42. The average Bonchev–Trinajstić information content (AvgIpc) is 3.52. The predicted molar refractivity (Wildman–Crippen MR) is 157 cm³/mol. The summed E-state index contributed by atoms with van der Waals surface area (Å²) in [6.07, 6.45) is 11.5. The van der Waals surface area contributed by atoms with E-state index < -0.39 is 0 Å². The van der Waals surface area contributed by atoms with Crippen molar-refractivity contribution in [3.8, 4) is 11.1 Å². The van der Waals surface area contributed by atoms with E-state index in [1.807, 2.05) is 62.0 Å². The van der Waals surface area contributed by atoms with E-state index in [2.05, 4.69) is 70.4 Å². The molecule has 0 saturated heterocycles. The fourth-order valence-corrected chi connectivity index (χ4v) is 4.87. The number of aryl methyl sites for hydroxylation is 1. The van der Waals surface area contributed by atoms with Crippen molar-refractivity contribution < 1.29 is 0 Å². The first-order valence-corrected chi connectivity index (χ1v) is 12.7. The summed E-state index contributed by atoms with van der Waals surface area (Å²) >= 11 is 0. The van der Waals surface area contributed by atoms with Crippen LogP contribution in [0.1, 0.15) is 35.3 Å². The van der Waals surface area contributed by atoms with E-state index in [4.69, 9.17) is 10.7 Å². The van der Waals surface area contributed by atoms with E-state index in [0.717, 1.165) is 38.9 Å². The van der Waals surface area contributed by atoms with Crippen LogP contribution in [0, 0.1) is 0 Å². The number of nitrogen functional groups attached to an aromatic ring is 1. The molecule has 4 aromatic heterocycles. The molecule has 0 bridgehead atoms. The summed E-state index contributed by atoms with van der Waals surface area (Å²) in [7, 11) is 1.91. The molecule has 4 heterocycles. The standard InChI is InChI=1S/C31H28N8/c1-20(28-30(32)37-39-16-8-15-33-31(28)39)35-21(2)29-26(23-9-5-4-6-10-23)17-25-24(11-7-12-27(25)36-29)14-13-22-18-34-38(3)19-22/h4-19,21,35H,1H2,2-3H3,(H2,32,37)/b14-13-. The SMILES string of the molecule is C=C(NC(C)c1nc2cccc(/C=C\c3cnn(C)c3)c2cc1-c1ccccc1)c1c(N)nn2cccnc12. The molecule has 6 aromatic rings. The van der Waals surface area contributed by atoms with Crippen LogP contribution in [0.4, 0.5) is 5.82 Å². The molecule has 0 saturated carbocycles. The van der Waals surface area contributed by atoms with Crippen LogP contribution in [0.5, 0.6) is 0 Å². The Kier molecular flexibility index (Phi) is 6.13. The number of aromatic nitrogens is 6. The van der Waals surface area contributed by atoms with Crippen LogP contribution < -0.4 is 11.1 Å². The van der Waals surface area contributed by atoms with Crippen LogP contribution >= 0.6 is 0 Å². The zero-order valence-electron chi connectivity index (χ0n) is 21.8. The Morgan fingerprint density at radius 1 is 1.08 bits per heavy atom. The highest BCUT2D eigenvalue weighted by Gasteiger charge is 2.20. The van der Waals surface area contributed by atoms with Gasteiger partial charge in [-0.3, -0.25) is 4.68 Å². The van der Waals surface area contributed by atoms with Gasteiger partial charge in [-0.25, -0.2) is 14.5 Å². The topological polar surface area (TPSA) is 99.0 Å². The second-order valence-corrected chi connectivity index (χ2v) is 9.47. The van der Waals surface area contributed by atoms with Crippen LogP contribution in [0.25, 0.3) is 45.5 Å². The first kappa shape index (κ1) is 24.1. The zero-order chi connectivity index (χ0) is 26.9. The van der Waals surface area contributed by atoms with Crippen LogP contribution in [-0.2, 0) is 7.05 Å². The molecule has 3 N–H and O–H groups in total. The number of rotatable bonds is 7. The van der Waals surface area contributed by atoms with Gasteiger partial charge in [-0.1, -0.05) is 61.2 Å². The van der Waals surface area contributed by atoms with Gasteiger partial charge in [0.2, 0.25) is 0 Å². The monoisotopic (exact) mass is 512 g/mol. The van der Waals surface area contributed by atoms with Crippen molar-refractivity contribution >= 4 is 40.2 Å². The van der Waals surface area contributed by atoms with Gasteiger partial charge in [-0.2, -0.15) is 5.10 Å². The van der Waals surface area contributed by atoms with E-state index >= 15 is 0 Å². The van der Waals surface area contributed by atoms with Gasteiger partial charge in [0.25, 0.3) is 0 Å².